The summed E-state index contributed by atoms with van der Waals surface area (Å²) in [5, 5.41) is 35.6. The summed E-state index contributed by atoms with van der Waals surface area (Å²) in [5.41, 5.74) is 2.13. The van der Waals surface area contributed by atoms with Crippen molar-refractivity contribution in [2.75, 3.05) is 96.6 Å². The number of para-hydroxylation sites is 1. The maximum Gasteiger partial charge on any atom is 1.05 e. The first-order chi connectivity index (χ1) is 39.3. The molecule has 0 radical (unpaired) electrons. The number of anilines is 1. The molecule has 10 atom stereocenters. The van der Waals surface area contributed by atoms with Crippen molar-refractivity contribution in [2.24, 2.45) is 11.8 Å². The molecule has 0 saturated carbocycles. The Balaban J connectivity index is 0.821. The number of esters is 1. The third-order valence-corrected chi connectivity index (χ3v) is 17.0. The molecule has 2 bridgehead atoms. The van der Waals surface area contributed by atoms with Gasteiger partial charge in [0.15, 0.2) is 0 Å². The van der Waals surface area contributed by atoms with Crippen LogP contribution in [0.1, 0.15) is 82.8 Å². The second-order valence-electron chi connectivity index (χ2n) is 21.9. The van der Waals surface area contributed by atoms with Gasteiger partial charge in [-0.1, -0.05) is 38.5 Å². The van der Waals surface area contributed by atoms with E-state index in [9.17, 15) is 66.5 Å². The molecule has 4 fully saturated rings. The minimum atomic E-state index is -3.71. The molecule has 0 aliphatic carbocycles. The van der Waals surface area contributed by atoms with Crippen molar-refractivity contribution < 1.29 is 78.8 Å². The molecular formula is C53H77AlFN11O16. The molecule has 4 saturated heterocycles. The number of carboxylic acid groups (broad SMARTS) is 1. The number of likely N-dealkylation sites (tertiary alicyclic amines) is 1. The van der Waals surface area contributed by atoms with Gasteiger partial charge < -0.3 is 67.6 Å². The van der Waals surface area contributed by atoms with Crippen molar-refractivity contribution in [1.82, 2.24) is 51.5 Å². The summed E-state index contributed by atoms with van der Waals surface area (Å²) in [5.74, 6) is -6.63. The quantitative estimate of drug-likeness (QED) is 0.0303. The number of aldehydes is 1. The zero-order chi connectivity index (χ0) is 59.0. The van der Waals surface area contributed by atoms with Gasteiger partial charge >= 0.3 is 27.2 Å². The number of nitrogens with one attached hydrogen (secondary N) is 6. The van der Waals surface area contributed by atoms with E-state index in [1.54, 1.807) is 6.92 Å². The van der Waals surface area contributed by atoms with E-state index in [0.29, 0.717) is 70.9 Å². The number of aliphatic carboxylic acids is 1. The summed E-state index contributed by atoms with van der Waals surface area (Å²) in [4.78, 5) is 152. The van der Waals surface area contributed by atoms with E-state index in [2.05, 4.69) is 36.8 Å². The highest BCUT2D eigenvalue weighted by Crippen LogP contribution is 2.39. The zero-order valence-electron chi connectivity index (χ0n) is 46.5. The zero-order valence-corrected chi connectivity index (χ0v) is 47.6. The van der Waals surface area contributed by atoms with Crippen LogP contribution in [0.2, 0.25) is 0 Å². The van der Waals surface area contributed by atoms with E-state index < -0.39 is 123 Å². The van der Waals surface area contributed by atoms with E-state index in [1.165, 1.54) is 4.90 Å². The maximum absolute atomic E-state index is 14.3. The number of rotatable bonds is 23. The number of ether oxygens (including phenoxy) is 1. The van der Waals surface area contributed by atoms with Crippen LogP contribution in [0.15, 0.2) is 18.2 Å². The number of halogens is 1. The van der Waals surface area contributed by atoms with Gasteiger partial charge in [0.25, 0.3) is 5.97 Å². The second-order valence-corrected chi connectivity index (χ2v) is 23.0. The smallest absolute Gasteiger partial charge is 0.568 e. The number of aliphatic hydroxyl groups excluding tert-OH is 1. The van der Waals surface area contributed by atoms with Gasteiger partial charge in [0.2, 0.25) is 47.6 Å². The van der Waals surface area contributed by atoms with Crippen LogP contribution in [0, 0.1) is 11.8 Å². The van der Waals surface area contributed by atoms with Crippen LogP contribution in [-0.2, 0) is 77.9 Å². The number of piperidine rings is 1. The van der Waals surface area contributed by atoms with Gasteiger partial charge in [-0.25, -0.2) is 0 Å². The van der Waals surface area contributed by atoms with Crippen LogP contribution < -0.4 is 36.8 Å². The molecule has 6 heterocycles. The van der Waals surface area contributed by atoms with Gasteiger partial charge in [0.1, 0.15) is 36.5 Å². The SMILES string of the molecule is CC[C@H](C)[C@H](NC(=O)CCNC(=O)CCNC(=O)[C@@H](CCC(=O)O)NC(=O)CN1CCC(CN2CCN3CCN(CC2)C(C=O)C[O][Al]([F])[O]C(=O)C3)CC1)C(=O)N[C@H]1CCc2cccc3c2N(C1=O)[C@H](C(=O)N[C@@H]1CC(=O)OC1O)C3. The van der Waals surface area contributed by atoms with Gasteiger partial charge in [-0.2, -0.15) is 0 Å². The average molecular weight is 1170 g/mol. The van der Waals surface area contributed by atoms with Crippen LogP contribution in [0.25, 0.3) is 0 Å². The van der Waals surface area contributed by atoms with Crippen LogP contribution in [0.3, 0.4) is 0 Å². The number of nitrogens with zero attached hydrogens (tertiary/aromatic N) is 5. The maximum atomic E-state index is 14.3. The van der Waals surface area contributed by atoms with Crippen LogP contribution >= 0.6 is 0 Å². The fraction of sp³-hybridized carbons (Fsp3) is 0.679. The van der Waals surface area contributed by atoms with Crippen LogP contribution in [0.5, 0.6) is 0 Å². The van der Waals surface area contributed by atoms with Gasteiger partial charge in [-0.15, -0.1) is 0 Å². The Morgan fingerprint density at radius 3 is 2.24 bits per heavy atom. The third kappa shape index (κ3) is 17.9. The molecule has 7 amide bonds. The molecule has 0 spiro atoms. The molecule has 7 rings (SSSR count). The number of fused-ring (bicyclic) bond motifs is 3. The Hall–Kier alpha value is -6.19. The molecule has 8 N–H and O–H groups in total. The number of hydrogen-bond acceptors (Lipinski definition) is 19. The average Bonchev–Trinajstić information content (AvgIpc) is 3.21. The van der Waals surface area contributed by atoms with Crippen molar-refractivity contribution >= 4 is 86.5 Å². The molecule has 0 aromatic heterocycles. The second kappa shape index (κ2) is 30.4. The number of carbonyl (C=O) groups excluding carboxylic acids is 10. The van der Waals surface area contributed by atoms with Crippen molar-refractivity contribution in [3.63, 3.8) is 0 Å². The highest BCUT2D eigenvalue weighted by molar-refractivity contribution is 6.38. The number of aryl methyl sites for hydroxylation is 1. The lowest BCUT2D eigenvalue weighted by atomic mass is 9.96. The first kappa shape index (κ1) is 63.4. The summed E-state index contributed by atoms with van der Waals surface area (Å²) in [6.07, 6.45) is 0.693. The molecule has 1 aromatic carbocycles. The standard InChI is InChI=1S/C53H78N11O16.Al.FH/c1-3-32(2)47(51(77)57-38-8-7-34-5-4-6-35-25-40(64(48(34)35)52(38)78)50(76)58-39-26-46(74)80-53(39)79)59-42(68)12-15-54-41(67)11-16-55-49(75)37(9-10-44(70)71)56-43(69)28-60-17-13-33(14-18-60)27-61-19-20-62(29-45(72)73)22-24-63(23-21-61)36(30-65)31-66;;/h4-6,30,32-33,36-40,47,53,79H,3,7-29,31H2,1-2H3,(H,54,67)(H,55,75)(H,56,69)(H,57,77)(H,58,76)(H,59,68)(H,70,71)(H,72,73);;1H/q-1;+3;/p-2/t32-,36?,37+,38-,39+,40-,47-,53?;;/m0../s1. The van der Waals surface area contributed by atoms with Gasteiger partial charge in [0.05, 0.1) is 31.2 Å². The summed E-state index contributed by atoms with van der Waals surface area (Å²) in [6.45, 7) is 8.29. The molecule has 27 nitrogen and oxygen atoms in total. The lowest BCUT2D eigenvalue weighted by Gasteiger charge is -2.35. The first-order valence-corrected chi connectivity index (χ1v) is 29.8. The number of cyclic esters (lactones) is 1. The van der Waals surface area contributed by atoms with E-state index in [4.69, 9.17) is 12.3 Å². The molecular weight excluding hydrogens is 1090 g/mol. The van der Waals surface area contributed by atoms with Crippen molar-refractivity contribution in [3.8, 4) is 0 Å². The van der Waals surface area contributed by atoms with Gasteiger partial charge in [0, 0.05) is 91.2 Å². The van der Waals surface area contributed by atoms with E-state index in [1.807, 2.05) is 39.8 Å². The molecule has 6 aliphatic rings. The normalized spacial score (nSPS) is 25.7. The van der Waals surface area contributed by atoms with E-state index >= 15 is 0 Å². The van der Waals surface area contributed by atoms with E-state index in [0.717, 1.165) is 36.8 Å². The topological polar surface area (TPSA) is 344 Å². The fourth-order valence-corrected chi connectivity index (χ4v) is 11.9. The predicted molar refractivity (Wildman–Crippen MR) is 288 cm³/mol. The number of aliphatic hydroxyl groups is 1. The van der Waals surface area contributed by atoms with Crippen molar-refractivity contribution in [3.05, 3.63) is 29.3 Å². The Labute approximate surface area is 479 Å². The predicted octanol–water partition coefficient (Wildman–Crippen LogP) is -3.25. The Bertz CT molecular complexity index is 2510. The third-order valence-electron chi connectivity index (χ3n) is 16.1. The largest absolute Gasteiger partial charge is 1.05 e. The molecule has 1 aromatic rings. The molecule has 6 aliphatic heterocycles. The minimum absolute atomic E-state index is 0.0304. The molecule has 450 valence electrons. The number of carbonyl (C=O) groups is 11. The molecule has 4 unspecified atom stereocenters. The van der Waals surface area contributed by atoms with Crippen molar-refractivity contribution in [2.45, 2.75) is 127 Å². The van der Waals surface area contributed by atoms with Crippen LogP contribution in [0.4, 0.5) is 9.21 Å². The van der Waals surface area contributed by atoms with Gasteiger partial charge in [-0.05, 0) is 68.2 Å². The molecule has 82 heavy (non-hydrogen) atoms. The van der Waals surface area contributed by atoms with E-state index in [-0.39, 0.29) is 83.1 Å². The lowest BCUT2D eigenvalue weighted by Crippen LogP contribution is -2.59. The first-order valence-electron chi connectivity index (χ1n) is 28.4. The summed E-state index contributed by atoms with van der Waals surface area (Å²) >= 11 is -3.71. The highest BCUT2D eigenvalue weighted by Gasteiger charge is 2.46. The molecule has 29 heteroatoms. The highest BCUT2D eigenvalue weighted by atomic mass is 27.3. The lowest BCUT2D eigenvalue weighted by molar-refractivity contribution is -0.155. The van der Waals surface area contributed by atoms with Crippen LogP contribution in [-0.4, -0.2) is 245 Å². The minimum Gasteiger partial charge on any atom is -0.568 e. The Morgan fingerprint density at radius 2 is 1.52 bits per heavy atom. The number of hydrogen-bond donors (Lipinski definition) is 8. The Kier molecular flexibility index (Phi) is 23.5. The summed E-state index contributed by atoms with van der Waals surface area (Å²) < 4.78 is 29.0. The summed E-state index contributed by atoms with van der Waals surface area (Å²) in [7, 11) is 0. The van der Waals surface area contributed by atoms with Gasteiger partial charge in [-0.3, -0.25) is 67.5 Å². The number of amides is 7. The number of carboxylic acids is 1. The number of benzene rings is 1. The summed E-state index contributed by atoms with van der Waals surface area (Å²) in [6, 6.07) is -0.577. The monoisotopic (exact) mass is 1170 g/mol. The fourth-order valence-electron chi connectivity index (χ4n) is 11.2. The van der Waals surface area contributed by atoms with Crippen molar-refractivity contribution in [1.29, 1.82) is 0 Å². The Morgan fingerprint density at radius 1 is 0.817 bits per heavy atom.